The molecule has 0 fully saturated rings. The van der Waals surface area contributed by atoms with Crippen LogP contribution < -0.4 is 5.48 Å². The molecule has 0 amide bonds. The van der Waals surface area contributed by atoms with E-state index in [0.717, 1.165) is 11.8 Å². The van der Waals surface area contributed by atoms with Crippen molar-refractivity contribution in [2.24, 2.45) is 0 Å². The molecule has 0 spiro atoms. The van der Waals surface area contributed by atoms with Crippen molar-refractivity contribution >= 4 is 5.97 Å². The second-order valence-corrected chi connectivity index (χ2v) is 2.14. The van der Waals surface area contributed by atoms with Gasteiger partial charge in [0.25, 0.3) is 0 Å². The number of rotatable bonds is 4. The molecule has 2 N–H and O–H groups in total. The molecule has 1 rings (SSSR count). The molecule has 64 valence electrons. The van der Waals surface area contributed by atoms with Crippen molar-refractivity contribution in [3.8, 4) is 0 Å². The third kappa shape index (κ3) is 2.59. The molecule has 12 heavy (non-hydrogen) atoms. The van der Waals surface area contributed by atoms with Crippen LogP contribution in [-0.4, -0.2) is 11.0 Å². The van der Waals surface area contributed by atoms with E-state index in [4.69, 9.17) is 0 Å². The summed E-state index contributed by atoms with van der Waals surface area (Å²) in [6.45, 7) is 3.72. The number of carbonyl (C=O) groups is 1. The van der Waals surface area contributed by atoms with E-state index >= 15 is 0 Å². The third-order valence-corrected chi connectivity index (χ3v) is 1.26. The van der Waals surface area contributed by atoms with E-state index in [2.05, 4.69) is 21.9 Å². The predicted molar refractivity (Wildman–Crippen MR) is 43.9 cm³/mol. The molecule has 0 aliphatic rings. The van der Waals surface area contributed by atoms with Crippen LogP contribution in [0, 0.1) is 0 Å². The molecule has 0 radical (unpaired) electrons. The minimum atomic E-state index is -0.485. The number of hydroxylamine groups is 1. The van der Waals surface area contributed by atoms with Crippen molar-refractivity contribution in [2.75, 3.05) is 0 Å². The maximum Gasteiger partial charge on any atom is 0.348 e. The summed E-state index contributed by atoms with van der Waals surface area (Å²) in [6, 6.07) is 3.75. The predicted octanol–water partition coefficient (Wildman–Crippen LogP) is 0.748. The summed E-state index contributed by atoms with van der Waals surface area (Å²) in [7, 11) is 0. The number of nitrogens with one attached hydrogen (secondary N) is 2. The van der Waals surface area contributed by atoms with Crippen molar-refractivity contribution in [2.45, 2.75) is 6.54 Å². The van der Waals surface area contributed by atoms with E-state index in [9.17, 15) is 4.79 Å². The maximum atomic E-state index is 10.5. The minimum Gasteiger partial charge on any atom is -0.367 e. The first-order valence-electron chi connectivity index (χ1n) is 3.51. The van der Waals surface area contributed by atoms with Gasteiger partial charge < -0.3 is 9.82 Å². The third-order valence-electron chi connectivity index (χ3n) is 1.26. The van der Waals surface area contributed by atoms with E-state index in [1.54, 1.807) is 6.20 Å². The van der Waals surface area contributed by atoms with Crippen molar-refractivity contribution < 1.29 is 9.63 Å². The lowest BCUT2D eigenvalue weighted by atomic mass is 10.4. The van der Waals surface area contributed by atoms with E-state index < -0.39 is 5.97 Å². The molecule has 0 saturated heterocycles. The molecule has 4 heteroatoms. The molecule has 1 heterocycles. The zero-order valence-corrected chi connectivity index (χ0v) is 6.54. The maximum absolute atomic E-state index is 10.5. The van der Waals surface area contributed by atoms with Crippen molar-refractivity contribution in [3.63, 3.8) is 0 Å². The highest BCUT2D eigenvalue weighted by atomic mass is 16.7. The molecule has 1 aromatic rings. The zero-order chi connectivity index (χ0) is 8.81. The van der Waals surface area contributed by atoms with Gasteiger partial charge in [-0.1, -0.05) is 6.58 Å². The molecule has 0 aliphatic heterocycles. The number of hydrogen-bond acceptors (Lipinski definition) is 3. The van der Waals surface area contributed by atoms with E-state index in [-0.39, 0.29) is 0 Å². The van der Waals surface area contributed by atoms with E-state index in [1.165, 1.54) is 0 Å². The normalized spacial score (nSPS) is 9.33. The van der Waals surface area contributed by atoms with Crippen LogP contribution >= 0.6 is 0 Å². The fourth-order valence-electron chi connectivity index (χ4n) is 0.704. The minimum absolute atomic E-state index is 0.465. The number of aromatic nitrogens is 1. The Morgan fingerprint density at radius 1 is 1.83 bits per heavy atom. The van der Waals surface area contributed by atoms with Crippen LogP contribution in [0.4, 0.5) is 0 Å². The van der Waals surface area contributed by atoms with E-state index in [1.807, 2.05) is 12.1 Å². The van der Waals surface area contributed by atoms with Gasteiger partial charge in [0.15, 0.2) is 0 Å². The van der Waals surface area contributed by atoms with Crippen LogP contribution in [0.1, 0.15) is 5.69 Å². The van der Waals surface area contributed by atoms with Crippen LogP contribution in [0.25, 0.3) is 0 Å². The monoisotopic (exact) mass is 166 g/mol. The van der Waals surface area contributed by atoms with E-state index in [0.29, 0.717) is 6.54 Å². The number of hydrogen-bond donors (Lipinski definition) is 2. The van der Waals surface area contributed by atoms with Crippen LogP contribution in [0.5, 0.6) is 0 Å². The lowest BCUT2D eigenvalue weighted by molar-refractivity contribution is -0.145. The molecule has 0 aromatic carbocycles. The van der Waals surface area contributed by atoms with Crippen LogP contribution in [0.2, 0.25) is 0 Å². The Kier molecular flexibility index (Phi) is 3.10. The lowest BCUT2D eigenvalue weighted by Gasteiger charge is -2.00. The quantitative estimate of drug-likeness (QED) is 0.512. The van der Waals surface area contributed by atoms with Gasteiger partial charge in [-0.2, -0.15) is 0 Å². The molecular formula is C8H10N2O2. The van der Waals surface area contributed by atoms with Gasteiger partial charge in [-0.05, 0) is 12.1 Å². The molecule has 0 unspecified atom stereocenters. The second-order valence-electron chi connectivity index (χ2n) is 2.14. The highest BCUT2D eigenvalue weighted by Gasteiger charge is 1.95. The Bertz CT molecular complexity index is 254. The van der Waals surface area contributed by atoms with Gasteiger partial charge in [0, 0.05) is 18.0 Å². The van der Waals surface area contributed by atoms with Gasteiger partial charge in [-0.25, -0.2) is 4.79 Å². The summed E-state index contributed by atoms with van der Waals surface area (Å²) in [6.07, 6.45) is 2.90. The summed E-state index contributed by atoms with van der Waals surface area (Å²) in [5.74, 6) is -0.485. The standard InChI is InChI=1S/C8H10N2O2/c1-2-8(11)12-10-6-7-4-3-5-9-7/h2-5,9-10H,1,6H2. The first-order valence-corrected chi connectivity index (χ1v) is 3.51. The average Bonchev–Trinajstić information content (AvgIpc) is 2.57. The van der Waals surface area contributed by atoms with Gasteiger partial charge in [0.05, 0.1) is 6.54 Å². The highest BCUT2D eigenvalue weighted by Crippen LogP contribution is 1.92. The molecule has 0 bridgehead atoms. The molecule has 0 atom stereocenters. The van der Waals surface area contributed by atoms with Gasteiger partial charge in [-0.15, -0.1) is 5.48 Å². The zero-order valence-electron chi connectivity index (χ0n) is 6.54. The topological polar surface area (TPSA) is 54.1 Å². The van der Waals surface area contributed by atoms with Crippen LogP contribution in [-0.2, 0) is 16.2 Å². The van der Waals surface area contributed by atoms with Crippen LogP contribution in [0.15, 0.2) is 31.0 Å². The molecule has 0 saturated carbocycles. The van der Waals surface area contributed by atoms with Crippen LogP contribution in [0.3, 0.4) is 0 Å². The van der Waals surface area contributed by atoms with Crippen molar-refractivity contribution in [1.82, 2.24) is 10.5 Å². The summed E-state index contributed by atoms with van der Waals surface area (Å²) < 4.78 is 0. The Morgan fingerprint density at radius 3 is 3.25 bits per heavy atom. The number of aromatic amines is 1. The smallest absolute Gasteiger partial charge is 0.348 e. The first kappa shape index (κ1) is 8.55. The SMILES string of the molecule is C=CC(=O)ONCc1ccc[nH]1. The molecule has 4 nitrogen and oxygen atoms in total. The lowest BCUT2D eigenvalue weighted by Crippen LogP contribution is -2.17. The summed E-state index contributed by atoms with van der Waals surface area (Å²) in [5, 5.41) is 0. The molecule has 0 aliphatic carbocycles. The number of carbonyl (C=O) groups excluding carboxylic acids is 1. The van der Waals surface area contributed by atoms with Crippen molar-refractivity contribution in [1.29, 1.82) is 0 Å². The Labute approximate surface area is 70.2 Å². The van der Waals surface area contributed by atoms with Gasteiger partial charge in [0.2, 0.25) is 0 Å². The highest BCUT2D eigenvalue weighted by molar-refractivity contribution is 5.80. The Hall–Kier alpha value is -1.55. The Balaban J connectivity index is 2.19. The fraction of sp³-hybridized carbons (Fsp3) is 0.125. The second kappa shape index (κ2) is 4.35. The Morgan fingerprint density at radius 2 is 2.67 bits per heavy atom. The van der Waals surface area contributed by atoms with Gasteiger partial charge in [-0.3, -0.25) is 0 Å². The largest absolute Gasteiger partial charge is 0.367 e. The summed E-state index contributed by atoms with van der Waals surface area (Å²) >= 11 is 0. The number of H-pyrrole nitrogens is 1. The van der Waals surface area contributed by atoms with Crippen molar-refractivity contribution in [3.05, 3.63) is 36.7 Å². The summed E-state index contributed by atoms with van der Waals surface area (Å²) in [4.78, 5) is 18.0. The fourth-order valence-corrected chi connectivity index (χ4v) is 0.704. The average molecular weight is 166 g/mol. The van der Waals surface area contributed by atoms with Gasteiger partial charge in [0.1, 0.15) is 0 Å². The summed E-state index contributed by atoms with van der Waals surface area (Å²) in [5.41, 5.74) is 3.44. The molecular weight excluding hydrogens is 156 g/mol. The van der Waals surface area contributed by atoms with Gasteiger partial charge >= 0.3 is 5.97 Å². The first-order chi connectivity index (χ1) is 5.83. The molecule has 1 aromatic heterocycles.